The fraction of sp³-hybridized carbons (Fsp3) is 0.294. The standard InChI is InChI=1S/C8H9Cl.C7H7F.C2H6/c1-6-3-7(2)5-8(9)4-6;1-6-3-2-4-7(8)5-6;1-2/h3-5H,1-2H3;2-5H,1H3;1-2H3. The zero-order valence-corrected chi connectivity index (χ0v) is 13.1. The summed E-state index contributed by atoms with van der Waals surface area (Å²) in [5, 5.41) is 0.826. The highest BCUT2D eigenvalue weighted by Crippen LogP contribution is 2.12. The minimum atomic E-state index is -0.162. The summed E-state index contributed by atoms with van der Waals surface area (Å²) >= 11 is 5.75. The van der Waals surface area contributed by atoms with E-state index in [1.165, 1.54) is 23.3 Å². The third-order valence-corrected chi connectivity index (χ3v) is 2.38. The molecule has 2 aromatic rings. The lowest BCUT2D eigenvalue weighted by Gasteiger charge is -1.95. The molecule has 0 aliphatic carbocycles. The summed E-state index contributed by atoms with van der Waals surface area (Å²) < 4.78 is 12.2. The van der Waals surface area contributed by atoms with Crippen LogP contribution >= 0.6 is 11.6 Å². The van der Waals surface area contributed by atoms with Gasteiger partial charge in [-0.15, -0.1) is 0 Å². The van der Waals surface area contributed by atoms with E-state index in [1.807, 2.05) is 52.8 Å². The molecule has 2 heteroatoms. The first-order valence-corrected chi connectivity index (χ1v) is 6.81. The third-order valence-electron chi connectivity index (χ3n) is 2.17. The number of hydrogen-bond acceptors (Lipinski definition) is 0. The highest BCUT2D eigenvalue weighted by molar-refractivity contribution is 6.30. The Morgan fingerprint density at radius 1 is 0.789 bits per heavy atom. The van der Waals surface area contributed by atoms with E-state index in [2.05, 4.69) is 6.07 Å². The second kappa shape index (κ2) is 9.57. The Labute approximate surface area is 121 Å². The smallest absolute Gasteiger partial charge is 0.123 e. The molecule has 0 fully saturated rings. The van der Waals surface area contributed by atoms with Crippen molar-refractivity contribution in [3.8, 4) is 0 Å². The Morgan fingerprint density at radius 3 is 1.63 bits per heavy atom. The number of halogens is 2. The van der Waals surface area contributed by atoms with Crippen molar-refractivity contribution in [2.45, 2.75) is 34.6 Å². The first-order valence-electron chi connectivity index (χ1n) is 6.43. The zero-order valence-electron chi connectivity index (χ0n) is 12.3. The number of rotatable bonds is 0. The summed E-state index contributed by atoms with van der Waals surface area (Å²) in [6.45, 7) is 9.95. The number of benzene rings is 2. The molecule has 2 aromatic carbocycles. The van der Waals surface area contributed by atoms with Crippen LogP contribution in [0.25, 0.3) is 0 Å². The Balaban J connectivity index is 0.000000303. The van der Waals surface area contributed by atoms with Crippen molar-refractivity contribution >= 4 is 11.6 Å². The monoisotopic (exact) mass is 280 g/mol. The Bertz CT molecular complexity index is 425. The van der Waals surface area contributed by atoms with Crippen molar-refractivity contribution in [3.63, 3.8) is 0 Å². The first kappa shape index (κ1) is 17.7. The van der Waals surface area contributed by atoms with Gasteiger partial charge in [0.15, 0.2) is 0 Å². The minimum Gasteiger partial charge on any atom is -0.207 e. The van der Waals surface area contributed by atoms with Crippen LogP contribution in [0.3, 0.4) is 0 Å². The highest BCUT2D eigenvalue weighted by atomic mass is 35.5. The van der Waals surface area contributed by atoms with Gasteiger partial charge in [-0.1, -0.05) is 43.6 Å². The molecular weight excluding hydrogens is 259 g/mol. The van der Waals surface area contributed by atoms with Gasteiger partial charge in [0.2, 0.25) is 0 Å². The number of aryl methyl sites for hydroxylation is 3. The maximum absolute atomic E-state index is 12.2. The van der Waals surface area contributed by atoms with E-state index in [-0.39, 0.29) is 5.82 Å². The van der Waals surface area contributed by atoms with Crippen molar-refractivity contribution in [2.75, 3.05) is 0 Å². The average molecular weight is 281 g/mol. The van der Waals surface area contributed by atoms with Crippen LogP contribution < -0.4 is 0 Å². The van der Waals surface area contributed by atoms with E-state index in [4.69, 9.17) is 11.6 Å². The molecule has 0 unspecified atom stereocenters. The Kier molecular flexibility index (Phi) is 8.90. The predicted octanol–water partition coefficient (Wildman–Crippen LogP) is 6.12. The molecule has 0 aromatic heterocycles. The molecule has 0 radical (unpaired) electrons. The molecule has 0 amide bonds. The molecule has 0 N–H and O–H groups in total. The fourth-order valence-electron chi connectivity index (χ4n) is 1.52. The van der Waals surface area contributed by atoms with Gasteiger partial charge in [0.25, 0.3) is 0 Å². The van der Waals surface area contributed by atoms with E-state index in [0.29, 0.717) is 0 Å². The second-order valence-electron chi connectivity index (χ2n) is 4.10. The molecule has 0 saturated heterocycles. The van der Waals surface area contributed by atoms with Gasteiger partial charge in [-0.3, -0.25) is 0 Å². The molecular formula is C17H22ClF. The van der Waals surface area contributed by atoms with Gasteiger partial charge in [-0.05, 0) is 61.7 Å². The lowest BCUT2D eigenvalue weighted by atomic mass is 10.2. The molecule has 0 aliphatic heterocycles. The highest BCUT2D eigenvalue weighted by Gasteiger charge is 1.89. The van der Waals surface area contributed by atoms with Crippen molar-refractivity contribution in [2.24, 2.45) is 0 Å². The van der Waals surface area contributed by atoms with Crippen LogP contribution in [-0.2, 0) is 0 Å². The molecule has 0 saturated carbocycles. The van der Waals surface area contributed by atoms with E-state index in [0.717, 1.165) is 10.6 Å². The summed E-state index contributed by atoms with van der Waals surface area (Å²) in [6, 6.07) is 12.5. The van der Waals surface area contributed by atoms with Gasteiger partial charge in [-0.2, -0.15) is 0 Å². The van der Waals surface area contributed by atoms with Gasteiger partial charge in [0.05, 0.1) is 0 Å². The molecule has 0 spiro atoms. The van der Waals surface area contributed by atoms with E-state index in [9.17, 15) is 4.39 Å². The summed E-state index contributed by atoms with van der Waals surface area (Å²) in [6.07, 6.45) is 0. The van der Waals surface area contributed by atoms with E-state index in [1.54, 1.807) is 6.07 Å². The zero-order chi connectivity index (χ0) is 14.8. The van der Waals surface area contributed by atoms with E-state index < -0.39 is 0 Å². The van der Waals surface area contributed by atoms with Crippen molar-refractivity contribution in [3.05, 3.63) is 70.0 Å². The van der Waals surface area contributed by atoms with Gasteiger partial charge in [0.1, 0.15) is 5.82 Å². The largest absolute Gasteiger partial charge is 0.207 e. The molecule has 19 heavy (non-hydrogen) atoms. The van der Waals surface area contributed by atoms with Crippen molar-refractivity contribution in [1.82, 2.24) is 0 Å². The molecule has 0 bridgehead atoms. The van der Waals surface area contributed by atoms with E-state index >= 15 is 0 Å². The summed E-state index contributed by atoms with van der Waals surface area (Å²) in [5.74, 6) is -0.162. The quantitative estimate of drug-likeness (QED) is 0.545. The molecule has 0 aliphatic rings. The van der Waals surface area contributed by atoms with Gasteiger partial charge < -0.3 is 0 Å². The normalized spacial score (nSPS) is 8.79. The van der Waals surface area contributed by atoms with Crippen LogP contribution in [0.2, 0.25) is 5.02 Å². The Morgan fingerprint density at radius 2 is 1.32 bits per heavy atom. The second-order valence-corrected chi connectivity index (χ2v) is 4.54. The molecule has 0 nitrogen and oxygen atoms in total. The van der Waals surface area contributed by atoms with Crippen molar-refractivity contribution < 1.29 is 4.39 Å². The van der Waals surface area contributed by atoms with Crippen LogP contribution in [-0.4, -0.2) is 0 Å². The topological polar surface area (TPSA) is 0 Å². The summed E-state index contributed by atoms with van der Waals surface area (Å²) in [5.41, 5.74) is 3.41. The van der Waals surface area contributed by atoms with Crippen LogP contribution in [0.15, 0.2) is 42.5 Å². The Hall–Kier alpha value is -1.34. The maximum Gasteiger partial charge on any atom is 0.123 e. The predicted molar refractivity (Wildman–Crippen MR) is 83.4 cm³/mol. The van der Waals surface area contributed by atoms with Crippen LogP contribution in [0.5, 0.6) is 0 Å². The van der Waals surface area contributed by atoms with Crippen LogP contribution in [0.1, 0.15) is 30.5 Å². The van der Waals surface area contributed by atoms with Gasteiger partial charge in [0, 0.05) is 5.02 Å². The van der Waals surface area contributed by atoms with Crippen molar-refractivity contribution in [1.29, 1.82) is 0 Å². The average Bonchev–Trinajstić information content (AvgIpc) is 2.30. The van der Waals surface area contributed by atoms with Gasteiger partial charge in [-0.25, -0.2) is 4.39 Å². The lowest BCUT2D eigenvalue weighted by Crippen LogP contribution is -1.74. The molecule has 0 atom stereocenters. The summed E-state index contributed by atoms with van der Waals surface area (Å²) in [4.78, 5) is 0. The molecule has 104 valence electrons. The number of hydrogen-bond donors (Lipinski definition) is 0. The van der Waals surface area contributed by atoms with Gasteiger partial charge >= 0.3 is 0 Å². The third kappa shape index (κ3) is 8.39. The SMILES string of the molecule is CC.Cc1cc(C)cc(Cl)c1.Cc1cccc(F)c1. The van der Waals surface area contributed by atoms with Crippen LogP contribution in [0, 0.1) is 26.6 Å². The molecule has 0 heterocycles. The molecule has 2 rings (SSSR count). The first-order chi connectivity index (χ1) is 8.97. The minimum absolute atomic E-state index is 0.162. The lowest BCUT2D eigenvalue weighted by molar-refractivity contribution is 0.626. The summed E-state index contributed by atoms with van der Waals surface area (Å²) in [7, 11) is 0. The van der Waals surface area contributed by atoms with Crippen LogP contribution in [0.4, 0.5) is 4.39 Å². The maximum atomic E-state index is 12.2. The fourth-order valence-corrected chi connectivity index (χ4v) is 1.87.